The van der Waals surface area contributed by atoms with Crippen molar-refractivity contribution in [3.63, 3.8) is 0 Å². The van der Waals surface area contributed by atoms with Crippen LogP contribution in [-0.2, 0) is 18.3 Å². The molecule has 0 aliphatic rings. The van der Waals surface area contributed by atoms with E-state index in [9.17, 15) is 19.2 Å². The van der Waals surface area contributed by atoms with Crippen LogP contribution < -0.4 is 21.3 Å². The number of carboxylic acids is 1. The van der Waals surface area contributed by atoms with Crippen LogP contribution in [-0.4, -0.2) is 39.7 Å². The van der Waals surface area contributed by atoms with E-state index < -0.39 is 23.1 Å². The van der Waals surface area contributed by atoms with Crippen molar-refractivity contribution in [2.45, 2.75) is 6.42 Å². The Balaban J connectivity index is 1.82. The van der Waals surface area contributed by atoms with Gasteiger partial charge in [-0.1, -0.05) is 6.07 Å². The largest absolute Gasteiger partial charge is 0.492 e. The molecule has 9 heteroatoms. The second kappa shape index (κ2) is 7.95. The second-order valence-electron chi connectivity index (χ2n) is 5.19. The van der Waals surface area contributed by atoms with Gasteiger partial charge in [0.2, 0.25) is 5.91 Å². The van der Waals surface area contributed by atoms with Crippen molar-refractivity contribution < 1.29 is 19.4 Å². The van der Waals surface area contributed by atoms with E-state index >= 15 is 0 Å². The number of rotatable bonds is 7. The first-order valence-corrected chi connectivity index (χ1v) is 7.39. The minimum absolute atomic E-state index is 0.107. The van der Waals surface area contributed by atoms with Gasteiger partial charge in [-0.05, 0) is 18.2 Å². The number of benzene rings is 1. The zero-order valence-corrected chi connectivity index (χ0v) is 13.4. The quantitative estimate of drug-likeness (QED) is 0.579. The summed E-state index contributed by atoms with van der Waals surface area (Å²) in [5.41, 5.74) is -0.795. The van der Waals surface area contributed by atoms with Gasteiger partial charge in [-0.3, -0.25) is 14.2 Å². The van der Waals surface area contributed by atoms with Crippen LogP contribution in [0.4, 0.5) is 0 Å². The highest BCUT2D eigenvalue weighted by Gasteiger charge is 2.09. The molecule has 2 aromatic rings. The average molecular weight is 347 g/mol. The number of aromatic nitrogens is 2. The molecule has 3 N–H and O–H groups in total. The SMILES string of the molecule is Cn1c(=O)[nH]cc(CC(=O)NCCOc2cccc(C(=O)O)c2)c1=O. The van der Waals surface area contributed by atoms with Gasteiger partial charge in [0.1, 0.15) is 12.4 Å². The van der Waals surface area contributed by atoms with Crippen LogP contribution in [0.15, 0.2) is 40.1 Å². The first kappa shape index (κ1) is 18.0. The fourth-order valence-corrected chi connectivity index (χ4v) is 2.06. The van der Waals surface area contributed by atoms with Crippen LogP contribution in [0.3, 0.4) is 0 Å². The number of nitrogens with zero attached hydrogens (tertiary/aromatic N) is 1. The van der Waals surface area contributed by atoms with Gasteiger partial charge >= 0.3 is 11.7 Å². The topological polar surface area (TPSA) is 130 Å². The van der Waals surface area contributed by atoms with E-state index in [1.807, 2.05) is 0 Å². The molecule has 0 aliphatic carbocycles. The fraction of sp³-hybridized carbons (Fsp3) is 0.250. The van der Waals surface area contributed by atoms with Crippen molar-refractivity contribution in [3.05, 3.63) is 62.4 Å². The highest BCUT2D eigenvalue weighted by Crippen LogP contribution is 2.12. The van der Waals surface area contributed by atoms with Crippen molar-refractivity contribution >= 4 is 11.9 Å². The number of ether oxygens (including phenoxy) is 1. The molecule has 0 aliphatic heterocycles. The monoisotopic (exact) mass is 347 g/mol. The highest BCUT2D eigenvalue weighted by atomic mass is 16.5. The molecule has 9 nitrogen and oxygen atoms in total. The van der Waals surface area contributed by atoms with E-state index in [2.05, 4.69) is 10.3 Å². The smallest absolute Gasteiger partial charge is 0.335 e. The zero-order chi connectivity index (χ0) is 18.4. The summed E-state index contributed by atoms with van der Waals surface area (Å²) in [6, 6.07) is 6.00. The zero-order valence-electron chi connectivity index (χ0n) is 13.4. The molecule has 1 amide bonds. The molecule has 1 heterocycles. The molecule has 0 saturated carbocycles. The Morgan fingerprint density at radius 3 is 2.80 bits per heavy atom. The van der Waals surface area contributed by atoms with E-state index in [1.54, 1.807) is 12.1 Å². The first-order chi connectivity index (χ1) is 11.9. The van der Waals surface area contributed by atoms with Crippen molar-refractivity contribution in [3.8, 4) is 5.75 Å². The predicted molar refractivity (Wildman–Crippen MR) is 87.9 cm³/mol. The molecular formula is C16H17N3O6. The minimum atomic E-state index is -1.05. The van der Waals surface area contributed by atoms with Gasteiger partial charge in [-0.25, -0.2) is 9.59 Å². The molecule has 132 valence electrons. The number of hydrogen-bond acceptors (Lipinski definition) is 5. The average Bonchev–Trinajstić information content (AvgIpc) is 2.59. The second-order valence-corrected chi connectivity index (χ2v) is 5.19. The molecule has 0 saturated heterocycles. The Kier molecular flexibility index (Phi) is 5.72. The molecule has 0 radical (unpaired) electrons. The van der Waals surface area contributed by atoms with Gasteiger partial charge < -0.3 is 20.1 Å². The molecule has 25 heavy (non-hydrogen) atoms. The molecule has 0 bridgehead atoms. The fourth-order valence-electron chi connectivity index (χ4n) is 2.06. The standard InChI is InChI=1S/C16H17N3O6/c1-19-14(21)11(9-18-16(19)24)8-13(20)17-5-6-25-12-4-2-3-10(7-12)15(22)23/h2-4,7,9H,5-6,8H2,1H3,(H,17,20)(H,18,24)(H,22,23). The predicted octanol–water partition coefficient (Wildman–Crippen LogP) is -0.490. The molecule has 0 unspecified atom stereocenters. The van der Waals surface area contributed by atoms with Crippen LogP contribution in [0.5, 0.6) is 5.75 Å². The summed E-state index contributed by atoms with van der Waals surface area (Å²) in [7, 11) is 1.32. The number of amides is 1. The number of aromatic amines is 1. The number of hydrogen-bond donors (Lipinski definition) is 3. The van der Waals surface area contributed by atoms with E-state index in [4.69, 9.17) is 9.84 Å². The molecule has 1 aromatic carbocycles. The van der Waals surface area contributed by atoms with Gasteiger partial charge in [-0.15, -0.1) is 0 Å². The normalized spacial score (nSPS) is 10.3. The van der Waals surface area contributed by atoms with Crippen molar-refractivity contribution in [1.82, 2.24) is 14.9 Å². The highest BCUT2D eigenvalue weighted by molar-refractivity contribution is 5.88. The summed E-state index contributed by atoms with van der Waals surface area (Å²) in [5.74, 6) is -1.07. The van der Waals surface area contributed by atoms with Crippen LogP contribution in [0.1, 0.15) is 15.9 Å². The summed E-state index contributed by atoms with van der Waals surface area (Å²) >= 11 is 0. The minimum Gasteiger partial charge on any atom is -0.492 e. The number of H-pyrrole nitrogens is 1. The van der Waals surface area contributed by atoms with Crippen molar-refractivity contribution in [2.24, 2.45) is 7.05 Å². The number of carboxylic acid groups (broad SMARTS) is 1. The van der Waals surface area contributed by atoms with Crippen molar-refractivity contribution in [2.75, 3.05) is 13.2 Å². The lowest BCUT2D eigenvalue weighted by molar-refractivity contribution is -0.120. The van der Waals surface area contributed by atoms with Gasteiger partial charge in [0.25, 0.3) is 5.56 Å². The van der Waals surface area contributed by atoms with Crippen LogP contribution in [0.25, 0.3) is 0 Å². The maximum atomic E-state index is 11.8. The number of carbonyl (C=O) groups is 2. The Morgan fingerprint density at radius 2 is 2.08 bits per heavy atom. The molecule has 2 rings (SSSR count). The molecule has 0 spiro atoms. The maximum Gasteiger partial charge on any atom is 0.335 e. The molecule has 0 atom stereocenters. The van der Waals surface area contributed by atoms with Crippen LogP contribution >= 0.6 is 0 Å². The van der Waals surface area contributed by atoms with E-state index in [0.29, 0.717) is 5.75 Å². The number of nitrogens with one attached hydrogen (secondary N) is 2. The third-order valence-corrected chi connectivity index (χ3v) is 3.38. The molecule has 1 aromatic heterocycles. The summed E-state index contributed by atoms with van der Waals surface area (Å²) in [4.78, 5) is 48.1. The van der Waals surface area contributed by atoms with Crippen LogP contribution in [0, 0.1) is 0 Å². The maximum absolute atomic E-state index is 11.8. The molecule has 0 fully saturated rings. The first-order valence-electron chi connectivity index (χ1n) is 7.39. The number of aromatic carboxylic acids is 1. The summed E-state index contributed by atoms with van der Waals surface area (Å²) in [6.45, 7) is 0.318. The number of carbonyl (C=O) groups excluding carboxylic acids is 1. The summed E-state index contributed by atoms with van der Waals surface area (Å²) in [6.07, 6.45) is 1.05. The van der Waals surface area contributed by atoms with Gasteiger partial charge in [-0.2, -0.15) is 0 Å². The Labute approximate surface area is 141 Å². The summed E-state index contributed by atoms with van der Waals surface area (Å²) < 4.78 is 6.25. The Bertz CT molecular complexity index is 899. The lowest BCUT2D eigenvalue weighted by Gasteiger charge is -2.08. The van der Waals surface area contributed by atoms with Crippen molar-refractivity contribution in [1.29, 1.82) is 0 Å². The van der Waals surface area contributed by atoms with Crippen LogP contribution in [0.2, 0.25) is 0 Å². The van der Waals surface area contributed by atoms with E-state index in [0.717, 1.165) is 4.57 Å². The lowest BCUT2D eigenvalue weighted by atomic mass is 10.2. The van der Waals surface area contributed by atoms with E-state index in [-0.39, 0.29) is 30.7 Å². The third-order valence-electron chi connectivity index (χ3n) is 3.38. The van der Waals surface area contributed by atoms with Gasteiger partial charge in [0.15, 0.2) is 0 Å². The Morgan fingerprint density at radius 1 is 1.32 bits per heavy atom. The van der Waals surface area contributed by atoms with Gasteiger partial charge in [0.05, 0.1) is 18.5 Å². The van der Waals surface area contributed by atoms with E-state index in [1.165, 1.54) is 25.4 Å². The summed E-state index contributed by atoms with van der Waals surface area (Å²) in [5, 5.41) is 11.5. The van der Waals surface area contributed by atoms with Gasteiger partial charge in [0, 0.05) is 18.8 Å². The molecular weight excluding hydrogens is 330 g/mol. The Hall–Kier alpha value is -3.36. The lowest BCUT2D eigenvalue weighted by Crippen LogP contribution is -2.37. The third kappa shape index (κ3) is 4.80.